The van der Waals surface area contributed by atoms with Gasteiger partial charge in [0.15, 0.2) is 0 Å². The van der Waals surface area contributed by atoms with Crippen LogP contribution in [-0.4, -0.2) is 22.4 Å². The topological polar surface area (TPSA) is 49.7 Å². The number of benzene rings is 1. The second-order valence-electron chi connectivity index (χ2n) is 5.37. The van der Waals surface area contributed by atoms with Gasteiger partial charge >= 0.3 is 0 Å². The average Bonchev–Trinajstić information content (AvgIpc) is 2.26. The lowest BCUT2D eigenvalue weighted by atomic mass is 9.89. The molecule has 3 nitrogen and oxygen atoms in total. The van der Waals surface area contributed by atoms with Crippen molar-refractivity contribution in [3.05, 3.63) is 29.3 Å². The number of rotatable bonds is 3. The average molecular weight is 236 g/mol. The third-order valence-corrected chi connectivity index (χ3v) is 2.99. The van der Waals surface area contributed by atoms with Crippen molar-refractivity contribution in [2.45, 2.75) is 44.8 Å². The summed E-state index contributed by atoms with van der Waals surface area (Å²) in [6, 6.07) is 5.81. The standard InChI is InChI=1S/C14H20O3/c1-14(2,16)9-17-11-7-6-10-4-3-5-13(15)12(10)8-11/h6-8,13,15-16H,3-5,9H2,1-2H3/t13-/m0/s1. The SMILES string of the molecule is CC(C)(O)COc1ccc2c(c1)[C@@H](O)CCC2. The predicted molar refractivity (Wildman–Crippen MR) is 66.1 cm³/mol. The Labute approximate surface area is 102 Å². The molecule has 2 N–H and O–H groups in total. The van der Waals surface area contributed by atoms with Gasteiger partial charge in [-0.2, -0.15) is 0 Å². The fourth-order valence-electron chi connectivity index (χ4n) is 2.10. The van der Waals surface area contributed by atoms with Crippen molar-refractivity contribution >= 4 is 0 Å². The lowest BCUT2D eigenvalue weighted by Gasteiger charge is -2.23. The number of aliphatic hydroxyl groups is 2. The number of ether oxygens (including phenoxy) is 1. The molecule has 0 bridgehead atoms. The summed E-state index contributed by atoms with van der Waals surface area (Å²) in [6.07, 6.45) is 2.52. The molecule has 0 aliphatic heterocycles. The third kappa shape index (κ3) is 3.20. The van der Waals surface area contributed by atoms with E-state index < -0.39 is 5.60 Å². The summed E-state index contributed by atoms with van der Waals surface area (Å²) in [5, 5.41) is 19.5. The molecule has 2 rings (SSSR count). The second-order valence-corrected chi connectivity index (χ2v) is 5.37. The minimum Gasteiger partial charge on any atom is -0.491 e. The molecular weight excluding hydrogens is 216 g/mol. The van der Waals surface area contributed by atoms with Crippen molar-refractivity contribution in [3.8, 4) is 5.75 Å². The largest absolute Gasteiger partial charge is 0.491 e. The predicted octanol–water partition coefficient (Wildman–Crippen LogP) is 2.21. The summed E-state index contributed by atoms with van der Waals surface area (Å²) < 4.78 is 5.52. The van der Waals surface area contributed by atoms with Gasteiger partial charge < -0.3 is 14.9 Å². The van der Waals surface area contributed by atoms with Crippen LogP contribution in [0.15, 0.2) is 18.2 Å². The van der Waals surface area contributed by atoms with Crippen molar-refractivity contribution in [1.29, 1.82) is 0 Å². The van der Waals surface area contributed by atoms with Gasteiger partial charge in [-0.15, -0.1) is 0 Å². The Morgan fingerprint density at radius 3 is 2.88 bits per heavy atom. The van der Waals surface area contributed by atoms with Crippen molar-refractivity contribution in [3.63, 3.8) is 0 Å². The number of fused-ring (bicyclic) bond motifs is 1. The first-order valence-corrected chi connectivity index (χ1v) is 6.12. The van der Waals surface area contributed by atoms with Crippen LogP contribution in [0.3, 0.4) is 0 Å². The van der Waals surface area contributed by atoms with Crippen LogP contribution in [-0.2, 0) is 6.42 Å². The molecule has 94 valence electrons. The van der Waals surface area contributed by atoms with Gasteiger partial charge in [0.2, 0.25) is 0 Å². The summed E-state index contributed by atoms with van der Waals surface area (Å²) in [5.41, 5.74) is 1.35. The highest BCUT2D eigenvalue weighted by Gasteiger charge is 2.19. The number of hydrogen-bond donors (Lipinski definition) is 2. The minimum absolute atomic E-state index is 0.252. The number of aryl methyl sites for hydroxylation is 1. The molecule has 0 spiro atoms. The zero-order valence-electron chi connectivity index (χ0n) is 10.4. The minimum atomic E-state index is -0.839. The van der Waals surface area contributed by atoms with Crippen LogP contribution >= 0.6 is 0 Å². The smallest absolute Gasteiger partial charge is 0.119 e. The molecule has 0 amide bonds. The highest BCUT2D eigenvalue weighted by atomic mass is 16.5. The van der Waals surface area contributed by atoms with Crippen LogP contribution in [0.2, 0.25) is 0 Å². The summed E-state index contributed by atoms with van der Waals surface area (Å²) >= 11 is 0. The fourth-order valence-corrected chi connectivity index (χ4v) is 2.10. The van der Waals surface area contributed by atoms with Gasteiger partial charge in [-0.25, -0.2) is 0 Å². The molecular formula is C14H20O3. The summed E-state index contributed by atoms with van der Waals surface area (Å²) in [4.78, 5) is 0. The van der Waals surface area contributed by atoms with Crippen LogP contribution in [0, 0.1) is 0 Å². The van der Waals surface area contributed by atoms with Crippen molar-refractivity contribution in [2.24, 2.45) is 0 Å². The Kier molecular flexibility index (Phi) is 3.40. The Morgan fingerprint density at radius 1 is 1.41 bits per heavy atom. The van der Waals surface area contributed by atoms with Gasteiger partial charge in [0.25, 0.3) is 0 Å². The van der Waals surface area contributed by atoms with Gasteiger partial charge in [-0.3, -0.25) is 0 Å². The van der Waals surface area contributed by atoms with Crippen LogP contribution in [0.1, 0.15) is 43.9 Å². The second kappa shape index (κ2) is 4.67. The highest BCUT2D eigenvalue weighted by Crippen LogP contribution is 2.32. The van der Waals surface area contributed by atoms with E-state index in [-0.39, 0.29) is 12.7 Å². The highest BCUT2D eigenvalue weighted by molar-refractivity contribution is 5.38. The van der Waals surface area contributed by atoms with Crippen LogP contribution in [0.25, 0.3) is 0 Å². The molecule has 1 atom stereocenters. The van der Waals surface area contributed by atoms with Crippen LogP contribution < -0.4 is 4.74 Å². The van der Waals surface area contributed by atoms with E-state index in [1.807, 2.05) is 18.2 Å². The molecule has 0 saturated heterocycles. The molecule has 1 aromatic carbocycles. The Bertz CT molecular complexity index is 393. The number of aliphatic hydroxyl groups excluding tert-OH is 1. The zero-order chi connectivity index (χ0) is 12.5. The third-order valence-electron chi connectivity index (χ3n) is 2.99. The summed E-state index contributed by atoms with van der Waals surface area (Å²) in [6.45, 7) is 3.67. The zero-order valence-corrected chi connectivity index (χ0v) is 10.4. The van der Waals surface area contributed by atoms with E-state index in [2.05, 4.69) is 0 Å². The molecule has 3 heteroatoms. The Morgan fingerprint density at radius 2 is 2.18 bits per heavy atom. The molecule has 0 saturated carbocycles. The quantitative estimate of drug-likeness (QED) is 0.846. The van der Waals surface area contributed by atoms with Gasteiger partial charge in [0.05, 0.1) is 11.7 Å². The molecule has 1 aromatic rings. The Balaban J connectivity index is 2.12. The first kappa shape index (κ1) is 12.4. The maximum absolute atomic E-state index is 9.91. The lowest BCUT2D eigenvalue weighted by Crippen LogP contribution is -2.27. The maximum Gasteiger partial charge on any atom is 0.119 e. The van der Waals surface area contributed by atoms with E-state index in [1.165, 1.54) is 5.56 Å². The van der Waals surface area contributed by atoms with E-state index in [1.54, 1.807) is 13.8 Å². The van der Waals surface area contributed by atoms with E-state index in [0.717, 1.165) is 24.8 Å². The first-order chi connectivity index (χ1) is 7.96. The maximum atomic E-state index is 9.91. The molecule has 0 radical (unpaired) electrons. The van der Waals surface area contributed by atoms with Crippen LogP contribution in [0.4, 0.5) is 0 Å². The monoisotopic (exact) mass is 236 g/mol. The van der Waals surface area contributed by atoms with Gasteiger partial charge in [0.1, 0.15) is 12.4 Å². The van der Waals surface area contributed by atoms with Crippen LogP contribution in [0.5, 0.6) is 5.75 Å². The fraction of sp³-hybridized carbons (Fsp3) is 0.571. The van der Waals surface area contributed by atoms with Gasteiger partial charge in [-0.1, -0.05) is 6.07 Å². The van der Waals surface area contributed by atoms with E-state index in [4.69, 9.17) is 4.74 Å². The molecule has 1 aliphatic carbocycles. The molecule has 0 fully saturated rings. The summed E-state index contributed by atoms with van der Waals surface area (Å²) in [5.74, 6) is 0.715. The van der Waals surface area contributed by atoms with E-state index in [0.29, 0.717) is 5.75 Å². The summed E-state index contributed by atoms with van der Waals surface area (Å²) in [7, 11) is 0. The van der Waals surface area contributed by atoms with E-state index in [9.17, 15) is 10.2 Å². The van der Waals surface area contributed by atoms with Gasteiger partial charge in [0, 0.05) is 0 Å². The molecule has 0 heterocycles. The van der Waals surface area contributed by atoms with Gasteiger partial charge in [-0.05, 0) is 56.4 Å². The normalized spacial score (nSPS) is 19.9. The molecule has 0 unspecified atom stereocenters. The first-order valence-electron chi connectivity index (χ1n) is 6.12. The molecule has 1 aliphatic rings. The lowest BCUT2D eigenvalue weighted by molar-refractivity contribution is 0.0283. The number of hydrogen-bond acceptors (Lipinski definition) is 3. The van der Waals surface area contributed by atoms with Crippen molar-refractivity contribution < 1.29 is 14.9 Å². The van der Waals surface area contributed by atoms with E-state index >= 15 is 0 Å². The van der Waals surface area contributed by atoms with Crippen molar-refractivity contribution in [1.82, 2.24) is 0 Å². The van der Waals surface area contributed by atoms with Crippen molar-refractivity contribution in [2.75, 3.05) is 6.61 Å². The Hall–Kier alpha value is -1.06. The molecule has 0 aromatic heterocycles. The molecule has 17 heavy (non-hydrogen) atoms.